The second kappa shape index (κ2) is 11.4. The molecule has 0 radical (unpaired) electrons. The number of nitrogens with one attached hydrogen (secondary N) is 2. The highest BCUT2D eigenvalue weighted by Gasteiger charge is 2.17. The fourth-order valence-electron chi connectivity index (χ4n) is 3.91. The number of hydrogen-bond donors (Lipinski definition) is 2. The second-order valence-electron chi connectivity index (χ2n) is 7.95. The van der Waals surface area contributed by atoms with Crippen LogP contribution < -0.4 is 24.8 Å². The van der Waals surface area contributed by atoms with E-state index >= 15 is 0 Å². The van der Waals surface area contributed by atoms with Gasteiger partial charge in [-0.05, 0) is 49.1 Å². The molecule has 32 heavy (non-hydrogen) atoms. The minimum Gasteiger partial charge on any atom is -0.493 e. The number of hydrogen-bond acceptors (Lipinski definition) is 5. The van der Waals surface area contributed by atoms with Crippen LogP contribution >= 0.6 is 0 Å². The number of ether oxygens (including phenoxy) is 3. The van der Waals surface area contributed by atoms with Crippen LogP contribution in [0.1, 0.15) is 55.8 Å². The fraction of sp³-hybridized carbons (Fsp3) is 0.440. The summed E-state index contributed by atoms with van der Waals surface area (Å²) in [5.74, 6) is 2.19. The molecule has 0 heterocycles. The third-order valence-electron chi connectivity index (χ3n) is 5.70. The average molecular weight is 441 g/mol. The number of urea groups is 1. The van der Waals surface area contributed by atoms with Gasteiger partial charge < -0.3 is 24.8 Å². The first-order valence-corrected chi connectivity index (χ1v) is 11.1. The van der Waals surface area contributed by atoms with Crippen molar-refractivity contribution in [3.05, 3.63) is 42.0 Å². The third-order valence-corrected chi connectivity index (χ3v) is 5.70. The van der Waals surface area contributed by atoms with E-state index in [1.165, 1.54) is 39.2 Å². The first-order valence-electron chi connectivity index (χ1n) is 11.1. The molecule has 1 aliphatic carbocycles. The highest BCUT2D eigenvalue weighted by molar-refractivity contribution is 6.03. The molecule has 1 fully saturated rings. The van der Waals surface area contributed by atoms with Crippen LogP contribution in [0, 0.1) is 5.92 Å². The molecule has 1 saturated carbocycles. The van der Waals surface area contributed by atoms with Gasteiger partial charge >= 0.3 is 6.03 Å². The maximum atomic E-state index is 12.5. The summed E-state index contributed by atoms with van der Waals surface area (Å²) in [7, 11) is 3.08. The lowest BCUT2D eigenvalue weighted by Gasteiger charge is -2.22. The van der Waals surface area contributed by atoms with E-state index in [2.05, 4.69) is 10.6 Å². The number of amides is 2. The number of anilines is 2. The third kappa shape index (κ3) is 6.15. The van der Waals surface area contributed by atoms with Gasteiger partial charge in [0.1, 0.15) is 5.75 Å². The number of methoxy groups -OCH3 is 2. The SMILES string of the molecule is CCC(=O)c1cc(NC(=O)Nc2ccc(OC)c(OC)c2)ccc1OCC1CCCCC1. The first-order chi connectivity index (χ1) is 15.5. The van der Waals surface area contributed by atoms with Gasteiger partial charge in [0.15, 0.2) is 17.3 Å². The molecule has 0 unspecified atom stereocenters. The minimum absolute atomic E-state index is 0.0207. The molecular formula is C25H32N2O5. The largest absolute Gasteiger partial charge is 0.493 e. The van der Waals surface area contributed by atoms with Gasteiger partial charge in [0.05, 0.1) is 26.4 Å². The van der Waals surface area contributed by atoms with Gasteiger partial charge in [-0.25, -0.2) is 4.79 Å². The lowest BCUT2D eigenvalue weighted by atomic mass is 9.90. The van der Waals surface area contributed by atoms with E-state index in [9.17, 15) is 9.59 Å². The molecule has 7 heteroatoms. The van der Waals surface area contributed by atoms with E-state index in [1.54, 1.807) is 43.5 Å². The quantitative estimate of drug-likeness (QED) is 0.474. The van der Waals surface area contributed by atoms with E-state index in [0.29, 0.717) is 53.1 Å². The number of Topliss-reactive ketones (excluding diaryl/α,β-unsaturated/α-hetero) is 1. The molecule has 0 saturated heterocycles. The Balaban J connectivity index is 1.67. The highest BCUT2D eigenvalue weighted by atomic mass is 16.5. The summed E-state index contributed by atoms with van der Waals surface area (Å²) in [6.07, 6.45) is 6.49. The van der Waals surface area contributed by atoms with E-state index in [-0.39, 0.29) is 5.78 Å². The molecule has 172 valence electrons. The molecular weight excluding hydrogens is 408 g/mol. The standard InChI is InChI=1S/C25H32N2O5/c1-4-21(28)20-14-18(10-12-22(20)32-16-17-8-6-5-7-9-17)26-25(29)27-19-11-13-23(30-2)24(15-19)31-3/h10-15,17H,4-9,16H2,1-3H3,(H2,26,27,29). The summed E-state index contributed by atoms with van der Waals surface area (Å²) in [6.45, 7) is 2.44. The smallest absolute Gasteiger partial charge is 0.323 e. The van der Waals surface area contributed by atoms with Crippen molar-refractivity contribution in [3.63, 3.8) is 0 Å². The first kappa shape index (κ1) is 23.4. The predicted octanol–water partition coefficient (Wildman–Crippen LogP) is 5.90. The molecule has 2 aromatic rings. The summed E-state index contributed by atoms with van der Waals surface area (Å²) >= 11 is 0. The van der Waals surface area contributed by atoms with Crippen LogP contribution in [0.15, 0.2) is 36.4 Å². The zero-order valence-corrected chi connectivity index (χ0v) is 19.0. The molecule has 0 spiro atoms. The molecule has 7 nitrogen and oxygen atoms in total. The van der Waals surface area contributed by atoms with E-state index in [4.69, 9.17) is 14.2 Å². The number of benzene rings is 2. The summed E-state index contributed by atoms with van der Waals surface area (Å²) < 4.78 is 16.5. The number of carbonyl (C=O) groups excluding carboxylic acids is 2. The van der Waals surface area contributed by atoms with E-state index in [1.807, 2.05) is 6.92 Å². The van der Waals surface area contributed by atoms with Crippen molar-refractivity contribution in [2.45, 2.75) is 45.4 Å². The molecule has 0 aliphatic heterocycles. The molecule has 0 atom stereocenters. The zero-order chi connectivity index (χ0) is 22.9. The van der Waals surface area contributed by atoms with Crippen LogP contribution in [0.4, 0.5) is 16.2 Å². The van der Waals surface area contributed by atoms with Crippen molar-refractivity contribution in [1.29, 1.82) is 0 Å². The summed E-state index contributed by atoms with van der Waals surface area (Å²) in [4.78, 5) is 25.0. The van der Waals surface area contributed by atoms with Crippen molar-refractivity contribution >= 4 is 23.2 Å². The van der Waals surface area contributed by atoms with Gasteiger partial charge in [-0.3, -0.25) is 4.79 Å². The molecule has 0 bridgehead atoms. The van der Waals surface area contributed by atoms with Gasteiger partial charge in [-0.1, -0.05) is 26.2 Å². The lowest BCUT2D eigenvalue weighted by Crippen LogP contribution is -2.20. The average Bonchev–Trinajstić information content (AvgIpc) is 2.83. The normalized spacial score (nSPS) is 13.8. The molecule has 3 rings (SSSR count). The Morgan fingerprint density at radius 1 is 0.875 bits per heavy atom. The van der Waals surface area contributed by atoms with Crippen molar-refractivity contribution < 1.29 is 23.8 Å². The fourth-order valence-corrected chi connectivity index (χ4v) is 3.91. The summed E-state index contributed by atoms with van der Waals surface area (Å²) in [6, 6.07) is 9.86. The van der Waals surface area contributed by atoms with Crippen molar-refractivity contribution in [3.8, 4) is 17.2 Å². The van der Waals surface area contributed by atoms with Crippen LogP contribution in [0.2, 0.25) is 0 Å². The number of ketones is 1. The summed E-state index contributed by atoms with van der Waals surface area (Å²) in [5, 5.41) is 5.54. The van der Waals surface area contributed by atoms with Crippen molar-refractivity contribution in [1.82, 2.24) is 0 Å². The van der Waals surface area contributed by atoms with Gasteiger partial charge in [0.25, 0.3) is 0 Å². The maximum absolute atomic E-state index is 12.5. The Labute approximate surface area is 189 Å². The number of rotatable bonds is 9. The van der Waals surface area contributed by atoms with Gasteiger partial charge in [-0.2, -0.15) is 0 Å². The highest BCUT2D eigenvalue weighted by Crippen LogP contribution is 2.30. The molecule has 0 aromatic heterocycles. The van der Waals surface area contributed by atoms with Crippen LogP contribution in [0.5, 0.6) is 17.2 Å². The Bertz CT molecular complexity index is 938. The summed E-state index contributed by atoms with van der Waals surface area (Å²) in [5.41, 5.74) is 1.56. The molecule has 2 aromatic carbocycles. The van der Waals surface area contributed by atoms with Crippen LogP contribution in [0.25, 0.3) is 0 Å². The van der Waals surface area contributed by atoms with Crippen molar-refractivity contribution in [2.24, 2.45) is 5.92 Å². The van der Waals surface area contributed by atoms with Crippen molar-refractivity contribution in [2.75, 3.05) is 31.5 Å². The van der Waals surface area contributed by atoms with Crippen LogP contribution in [-0.4, -0.2) is 32.6 Å². The van der Waals surface area contributed by atoms with E-state index < -0.39 is 6.03 Å². The molecule has 1 aliphatic rings. The Hall–Kier alpha value is -3.22. The molecule has 2 amide bonds. The number of carbonyl (C=O) groups is 2. The van der Waals surface area contributed by atoms with Gasteiger partial charge in [0.2, 0.25) is 0 Å². The maximum Gasteiger partial charge on any atom is 0.323 e. The molecule has 2 N–H and O–H groups in total. The topological polar surface area (TPSA) is 85.9 Å². The van der Waals surface area contributed by atoms with Crippen LogP contribution in [-0.2, 0) is 0 Å². The Morgan fingerprint density at radius 2 is 1.50 bits per heavy atom. The zero-order valence-electron chi connectivity index (χ0n) is 19.0. The van der Waals surface area contributed by atoms with E-state index in [0.717, 1.165) is 0 Å². The van der Waals surface area contributed by atoms with Crippen LogP contribution in [0.3, 0.4) is 0 Å². The second-order valence-corrected chi connectivity index (χ2v) is 7.95. The van der Waals surface area contributed by atoms with Gasteiger partial charge in [-0.15, -0.1) is 0 Å². The predicted molar refractivity (Wildman–Crippen MR) is 125 cm³/mol. The monoisotopic (exact) mass is 440 g/mol. The Morgan fingerprint density at radius 3 is 2.12 bits per heavy atom. The Kier molecular flexibility index (Phi) is 8.36. The minimum atomic E-state index is -0.428. The van der Waals surface area contributed by atoms with Gasteiger partial charge in [0, 0.05) is 23.9 Å². The lowest BCUT2D eigenvalue weighted by molar-refractivity contribution is 0.0982.